The van der Waals surface area contributed by atoms with E-state index in [1.54, 1.807) is 0 Å². The third-order valence-corrected chi connectivity index (χ3v) is 5.71. The Labute approximate surface area is 125 Å². The average Bonchev–Trinajstić information content (AvgIpc) is 2.34. The van der Waals surface area contributed by atoms with Gasteiger partial charge in [0.2, 0.25) is 10.0 Å². The van der Waals surface area contributed by atoms with Crippen molar-refractivity contribution in [3.8, 4) is 0 Å². The third-order valence-electron chi connectivity index (χ3n) is 2.80. The molecule has 0 amide bonds. The van der Waals surface area contributed by atoms with Crippen LogP contribution in [0.5, 0.6) is 0 Å². The number of nitrogens with two attached hydrogens (primary N) is 1. The summed E-state index contributed by atoms with van der Waals surface area (Å²) in [6.07, 6.45) is 1.60. The van der Waals surface area contributed by atoms with E-state index in [0.717, 1.165) is 12.8 Å². The first-order chi connectivity index (χ1) is 8.90. The van der Waals surface area contributed by atoms with Crippen molar-refractivity contribution in [2.75, 3.05) is 18.9 Å². The Morgan fingerprint density at radius 3 is 2.84 bits per heavy atom. The van der Waals surface area contributed by atoms with Crippen LogP contribution in [-0.2, 0) is 14.8 Å². The van der Waals surface area contributed by atoms with Crippen LogP contribution < -0.4 is 10.5 Å². The number of rotatable bonds is 3. The first-order valence-electron chi connectivity index (χ1n) is 5.75. The number of halogens is 2. The molecule has 0 radical (unpaired) electrons. The van der Waals surface area contributed by atoms with E-state index in [2.05, 4.69) is 20.7 Å². The summed E-state index contributed by atoms with van der Waals surface area (Å²) in [4.78, 5) is 0.0445. The third kappa shape index (κ3) is 3.61. The van der Waals surface area contributed by atoms with E-state index in [-0.39, 0.29) is 21.6 Å². The largest absolute Gasteiger partial charge is 0.398 e. The molecule has 8 heteroatoms. The minimum atomic E-state index is -3.68. The van der Waals surface area contributed by atoms with Gasteiger partial charge in [0.1, 0.15) is 0 Å². The molecular weight excluding hydrogens is 356 g/mol. The van der Waals surface area contributed by atoms with Gasteiger partial charge in [0.05, 0.1) is 16.0 Å². The van der Waals surface area contributed by atoms with Crippen molar-refractivity contribution >= 4 is 43.2 Å². The zero-order chi connectivity index (χ0) is 14.0. The topological polar surface area (TPSA) is 81.4 Å². The lowest BCUT2D eigenvalue weighted by Crippen LogP contribution is -2.40. The SMILES string of the molecule is Nc1cc(Cl)cc(S(=O)(=O)NC2CCCOC2)c1Br. The molecule has 1 aliphatic heterocycles. The van der Waals surface area contributed by atoms with E-state index >= 15 is 0 Å². The molecule has 1 aromatic carbocycles. The number of sulfonamides is 1. The first kappa shape index (κ1) is 15.1. The molecule has 1 saturated heterocycles. The second kappa shape index (κ2) is 5.97. The molecule has 1 heterocycles. The van der Waals surface area contributed by atoms with Gasteiger partial charge in [-0.3, -0.25) is 0 Å². The van der Waals surface area contributed by atoms with E-state index in [9.17, 15) is 8.42 Å². The highest BCUT2D eigenvalue weighted by molar-refractivity contribution is 9.10. The summed E-state index contributed by atoms with van der Waals surface area (Å²) in [6.45, 7) is 1.05. The van der Waals surface area contributed by atoms with Crippen molar-refractivity contribution in [1.82, 2.24) is 4.72 Å². The number of benzene rings is 1. The zero-order valence-electron chi connectivity index (χ0n) is 10.0. The molecule has 1 fully saturated rings. The summed E-state index contributed by atoms with van der Waals surface area (Å²) in [5.74, 6) is 0. The summed E-state index contributed by atoms with van der Waals surface area (Å²) < 4.78 is 32.8. The lowest BCUT2D eigenvalue weighted by atomic mass is 10.1. The van der Waals surface area contributed by atoms with Crippen molar-refractivity contribution in [2.45, 2.75) is 23.8 Å². The highest BCUT2D eigenvalue weighted by Gasteiger charge is 2.25. The van der Waals surface area contributed by atoms with E-state index in [1.165, 1.54) is 12.1 Å². The lowest BCUT2D eigenvalue weighted by Gasteiger charge is -2.23. The molecular formula is C11H14BrClN2O3S. The van der Waals surface area contributed by atoms with Gasteiger partial charge in [-0.25, -0.2) is 13.1 Å². The predicted octanol–water partition coefficient (Wildman–Crippen LogP) is 2.14. The molecule has 2 rings (SSSR count). The summed E-state index contributed by atoms with van der Waals surface area (Å²) in [7, 11) is -3.68. The fraction of sp³-hybridized carbons (Fsp3) is 0.455. The maximum atomic E-state index is 12.3. The predicted molar refractivity (Wildman–Crippen MR) is 77.7 cm³/mol. The van der Waals surface area contributed by atoms with Crippen LogP contribution >= 0.6 is 27.5 Å². The summed E-state index contributed by atoms with van der Waals surface area (Å²) >= 11 is 9.03. The summed E-state index contributed by atoms with van der Waals surface area (Å²) in [5.41, 5.74) is 5.99. The van der Waals surface area contributed by atoms with Crippen LogP contribution in [0.25, 0.3) is 0 Å². The van der Waals surface area contributed by atoms with E-state index < -0.39 is 10.0 Å². The van der Waals surface area contributed by atoms with Crippen molar-refractivity contribution < 1.29 is 13.2 Å². The molecule has 106 valence electrons. The van der Waals surface area contributed by atoms with Gasteiger partial charge >= 0.3 is 0 Å². The average molecular weight is 370 g/mol. The van der Waals surface area contributed by atoms with Crippen LogP contribution in [0.1, 0.15) is 12.8 Å². The lowest BCUT2D eigenvalue weighted by molar-refractivity contribution is 0.0774. The summed E-state index contributed by atoms with van der Waals surface area (Å²) in [6, 6.07) is 2.65. The molecule has 5 nitrogen and oxygen atoms in total. The van der Waals surface area contributed by atoms with Crippen LogP contribution in [0.3, 0.4) is 0 Å². The van der Waals surface area contributed by atoms with E-state index in [0.29, 0.717) is 17.7 Å². The second-order valence-electron chi connectivity index (χ2n) is 4.34. The quantitative estimate of drug-likeness (QED) is 0.800. The Morgan fingerprint density at radius 2 is 2.21 bits per heavy atom. The Kier molecular flexibility index (Phi) is 4.73. The molecule has 0 bridgehead atoms. The van der Waals surface area contributed by atoms with Gasteiger partial charge in [0, 0.05) is 23.4 Å². The molecule has 1 unspecified atom stereocenters. The smallest absolute Gasteiger partial charge is 0.242 e. The van der Waals surface area contributed by atoms with Gasteiger partial charge in [-0.1, -0.05) is 11.6 Å². The molecule has 0 aromatic heterocycles. The molecule has 1 aromatic rings. The maximum Gasteiger partial charge on any atom is 0.242 e. The van der Waals surface area contributed by atoms with Crippen LogP contribution in [0.15, 0.2) is 21.5 Å². The summed E-state index contributed by atoms with van der Waals surface area (Å²) in [5, 5.41) is 0.279. The maximum absolute atomic E-state index is 12.3. The van der Waals surface area contributed by atoms with Crippen molar-refractivity contribution in [3.63, 3.8) is 0 Å². The van der Waals surface area contributed by atoms with Gasteiger partial charge in [-0.2, -0.15) is 0 Å². The molecule has 19 heavy (non-hydrogen) atoms. The Hall–Kier alpha value is -0.340. The standard InChI is InChI=1S/C11H14BrClN2O3S/c12-11-9(14)4-7(13)5-10(11)19(16,17)15-8-2-1-3-18-6-8/h4-5,8,15H,1-3,6,14H2. The van der Waals surface area contributed by atoms with Crippen LogP contribution in [0, 0.1) is 0 Å². The number of anilines is 1. The first-order valence-corrected chi connectivity index (χ1v) is 8.40. The molecule has 0 aliphatic carbocycles. The highest BCUT2D eigenvalue weighted by atomic mass is 79.9. The van der Waals surface area contributed by atoms with Gasteiger partial charge in [0.25, 0.3) is 0 Å². The molecule has 1 aliphatic rings. The molecule has 3 N–H and O–H groups in total. The Bertz CT molecular complexity index is 574. The number of nitrogen functional groups attached to an aromatic ring is 1. The minimum Gasteiger partial charge on any atom is -0.398 e. The van der Waals surface area contributed by atoms with Gasteiger partial charge in [-0.15, -0.1) is 0 Å². The van der Waals surface area contributed by atoms with Gasteiger partial charge in [0.15, 0.2) is 0 Å². The fourth-order valence-corrected chi connectivity index (χ4v) is 4.44. The molecule has 0 saturated carbocycles. The normalized spacial score (nSPS) is 20.4. The van der Waals surface area contributed by atoms with Gasteiger partial charge < -0.3 is 10.5 Å². The number of nitrogens with one attached hydrogen (secondary N) is 1. The monoisotopic (exact) mass is 368 g/mol. The van der Waals surface area contributed by atoms with Crippen molar-refractivity contribution in [3.05, 3.63) is 21.6 Å². The van der Waals surface area contributed by atoms with Crippen LogP contribution in [-0.4, -0.2) is 27.7 Å². The van der Waals surface area contributed by atoms with Crippen molar-refractivity contribution in [2.24, 2.45) is 0 Å². The Balaban J connectivity index is 2.28. The minimum absolute atomic E-state index is 0.0445. The van der Waals surface area contributed by atoms with Crippen LogP contribution in [0.2, 0.25) is 5.02 Å². The Morgan fingerprint density at radius 1 is 1.47 bits per heavy atom. The van der Waals surface area contributed by atoms with Crippen molar-refractivity contribution in [1.29, 1.82) is 0 Å². The second-order valence-corrected chi connectivity index (χ2v) is 7.25. The number of hydrogen-bond donors (Lipinski definition) is 2. The van der Waals surface area contributed by atoms with E-state index in [4.69, 9.17) is 22.1 Å². The number of ether oxygens (including phenoxy) is 1. The molecule has 1 atom stereocenters. The highest BCUT2D eigenvalue weighted by Crippen LogP contribution is 2.31. The number of hydrogen-bond acceptors (Lipinski definition) is 4. The zero-order valence-corrected chi connectivity index (χ0v) is 13.2. The van der Waals surface area contributed by atoms with E-state index in [1.807, 2.05) is 0 Å². The fourth-order valence-electron chi connectivity index (χ4n) is 1.90. The van der Waals surface area contributed by atoms with Gasteiger partial charge in [-0.05, 0) is 40.9 Å². The van der Waals surface area contributed by atoms with Crippen LogP contribution in [0.4, 0.5) is 5.69 Å². The molecule has 0 spiro atoms.